The van der Waals surface area contributed by atoms with Crippen molar-refractivity contribution in [1.29, 1.82) is 0 Å². The van der Waals surface area contributed by atoms with Gasteiger partial charge >= 0.3 is 5.97 Å². The van der Waals surface area contributed by atoms with Crippen molar-refractivity contribution in [1.82, 2.24) is 10.2 Å². The number of aryl methyl sites for hydroxylation is 1. The fraction of sp³-hybridized carbons (Fsp3) is 0.125. The average Bonchev–Trinajstić information content (AvgIpc) is 2.93. The molecule has 0 aliphatic carbocycles. The van der Waals surface area contributed by atoms with Gasteiger partial charge in [-0.15, -0.1) is 0 Å². The van der Waals surface area contributed by atoms with E-state index in [1.54, 1.807) is 6.20 Å². The minimum Gasteiger partial charge on any atom is -0.481 e. The SMILES string of the molecule is O=C(O)CCc1cccc(-c2ccc3[nH]ncc3c2)c1. The number of aromatic nitrogens is 2. The van der Waals surface area contributed by atoms with Gasteiger partial charge in [0.25, 0.3) is 0 Å². The summed E-state index contributed by atoms with van der Waals surface area (Å²) in [5, 5.41) is 16.8. The van der Waals surface area contributed by atoms with Crippen molar-refractivity contribution in [3.8, 4) is 11.1 Å². The summed E-state index contributed by atoms with van der Waals surface area (Å²) < 4.78 is 0. The Balaban J connectivity index is 1.92. The van der Waals surface area contributed by atoms with Crippen LogP contribution in [0.5, 0.6) is 0 Å². The first-order chi connectivity index (χ1) is 9.72. The molecule has 0 saturated carbocycles. The van der Waals surface area contributed by atoms with Crippen molar-refractivity contribution in [2.45, 2.75) is 12.8 Å². The molecule has 0 spiro atoms. The number of aromatic amines is 1. The van der Waals surface area contributed by atoms with Crippen molar-refractivity contribution in [3.63, 3.8) is 0 Å². The van der Waals surface area contributed by atoms with Crippen LogP contribution in [-0.2, 0) is 11.2 Å². The number of carboxylic acid groups (broad SMARTS) is 1. The normalized spacial score (nSPS) is 10.8. The Kier molecular flexibility index (Phi) is 3.21. The molecule has 4 nitrogen and oxygen atoms in total. The number of carbonyl (C=O) groups is 1. The summed E-state index contributed by atoms with van der Waals surface area (Å²) in [6.07, 6.45) is 2.51. The molecule has 0 atom stereocenters. The van der Waals surface area contributed by atoms with Gasteiger partial charge < -0.3 is 5.11 Å². The molecular weight excluding hydrogens is 252 g/mol. The predicted octanol–water partition coefficient (Wildman–Crippen LogP) is 3.25. The van der Waals surface area contributed by atoms with Crippen LogP contribution in [0.15, 0.2) is 48.7 Å². The second-order valence-corrected chi connectivity index (χ2v) is 4.77. The summed E-state index contributed by atoms with van der Waals surface area (Å²) in [7, 11) is 0. The monoisotopic (exact) mass is 266 g/mol. The first kappa shape index (κ1) is 12.4. The van der Waals surface area contributed by atoms with Gasteiger partial charge in [-0.3, -0.25) is 9.89 Å². The van der Waals surface area contributed by atoms with E-state index in [1.165, 1.54) is 0 Å². The van der Waals surface area contributed by atoms with Crippen molar-refractivity contribution in [2.75, 3.05) is 0 Å². The van der Waals surface area contributed by atoms with E-state index in [0.717, 1.165) is 27.6 Å². The van der Waals surface area contributed by atoms with Gasteiger partial charge in [0.15, 0.2) is 0 Å². The van der Waals surface area contributed by atoms with E-state index in [1.807, 2.05) is 36.4 Å². The minimum atomic E-state index is -0.768. The molecule has 0 unspecified atom stereocenters. The zero-order chi connectivity index (χ0) is 13.9. The highest BCUT2D eigenvalue weighted by Gasteiger charge is 2.04. The third-order valence-corrected chi connectivity index (χ3v) is 3.33. The predicted molar refractivity (Wildman–Crippen MR) is 77.5 cm³/mol. The molecule has 3 aromatic rings. The first-order valence-electron chi connectivity index (χ1n) is 6.46. The molecule has 1 aromatic heterocycles. The Morgan fingerprint density at radius 2 is 2.00 bits per heavy atom. The highest BCUT2D eigenvalue weighted by atomic mass is 16.4. The standard InChI is InChI=1S/C16H14N2O2/c19-16(20)7-4-11-2-1-3-12(8-11)13-5-6-15-14(9-13)10-17-18-15/h1-3,5-6,8-10H,4,7H2,(H,17,18)(H,19,20). The number of hydrogen-bond donors (Lipinski definition) is 2. The van der Waals surface area contributed by atoms with E-state index in [4.69, 9.17) is 5.11 Å². The van der Waals surface area contributed by atoms with Crippen molar-refractivity contribution in [2.24, 2.45) is 0 Å². The minimum absolute atomic E-state index is 0.157. The lowest BCUT2D eigenvalue weighted by Gasteiger charge is -2.05. The van der Waals surface area contributed by atoms with Crippen LogP contribution in [0.2, 0.25) is 0 Å². The lowest BCUT2D eigenvalue weighted by molar-refractivity contribution is -0.136. The topological polar surface area (TPSA) is 66.0 Å². The Morgan fingerprint density at radius 3 is 2.85 bits per heavy atom. The number of fused-ring (bicyclic) bond motifs is 1. The number of benzene rings is 2. The Morgan fingerprint density at radius 1 is 1.15 bits per heavy atom. The van der Waals surface area contributed by atoms with Crippen LogP contribution < -0.4 is 0 Å². The van der Waals surface area contributed by atoms with Gasteiger partial charge in [-0.25, -0.2) is 0 Å². The molecule has 1 heterocycles. The third-order valence-electron chi connectivity index (χ3n) is 3.33. The molecule has 20 heavy (non-hydrogen) atoms. The smallest absolute Gasteiger partial charge is 0.303 e. The number of H-pyrrole nitrogens is 1. The molecule has 0 aliphatic heterocycles. The quantitative estimate of drug-likeness (QED) is 0.761. The van der Waals surface area contributed by atoms with Crippen LogP contribution in [0, 0.1) is 0 Å². The first-order valence-corrected chi connectivity index (χ1v) is 6.46. The molecule has 0 fully saturated rings. The molecule has 2 N–H and O–H groups in total. The van der Waals surface area contributed by atoms with Crippen LogP contribution in [-0.4, -0.2) is 21.3 Å². The van der Waals surface area contributed by atoms with Crippen LogP contribution in [0.4, 0.5) is 0 Å². The van der Waals surface area contributed by atoms with E-state index in [-0.39, 0.29) is 6.42 Å². The molecular formula is C16H14N2O2. The van der Waals surface area contributed by atoms with Gasteiger partial charge in [-0.1, -0.05) is 30.3 Å². The van der Waals surface area contributed by atoms with Gasteiger partial charge in [0, 0.05) is 11.8 Å². The maximum absolute atomic E-state index is 10.6. The summed E-state index contributed by atoms with van der Waals surface area (Å²) >= 11 is 0. The Bertz CT molecular complexity index is 762. The van der Waals surface area contributed by atoms with E-state index in [0.29, 0.717) is 6.42 Å². The van der Waals surface area contributed by atoms with Gasteiger partial charge in [-0.05, 0) is 35.2 Å². The van der Waals surface area contributed by atoms with E-state index < -0.39 is 5.97 Å². The highest BCUT2D eigenvalue weighted by Crippen LogP contribution is 2.24. The van der Waals surface area contributed by atoms with Gasteiger partial charge in [-0.2, -0.15) is 5.10 Å². The number of nitrogens with zero attached hydrogens (tertiary/aromatic N) is 1. The lowest BCUT2D eigenvalue weighted by Crippen LogP contribution is -1.97. The number of hydrogen-bond acceptors (Lipinski definition) is 2. The number of nitrogens with one attached hydrogen (secondary N) is 1. The second kappa shape index (κ2) is 5.17. The van der Waals surface area contributed by atoms with E-state index >= 15 is 0 Å². The molecule has 0 bridgehead atoms. The summed E-state index contributed by atoms with van der Waals surface area (Å²) in [5.74, 6) is -0.768. The maximum atomic E-state index is 10.6. The maximum Gasteiger partial charge on any atom is 0.303 e. The Labute approximate surface area is 116 Å². The fourth-order valence-electron chi connectivity index (χ4n) is 2.28. The largest absolute Gasteiger partial charge is 0.481 e. The summed E-state index contributed by atoms with van der Waals surface area (Å²) in [5.41, 5.74) is 4.25. The fourth-order valence-corrected chi connectivity index (χ4v) is 2.28. The Hall–Kier alpha value is -2.62. The van der Waals surface area contributed by atoms with E-state index in [2.05, 4.69) is 16.3 Å². The molecule has 0 radical (unpaired) electrons. The van der Waals surface area contributed by atoms with E-state index in [9.17, 15) is 4.79 Å². The number of carboxylic acids is 1. The lowest BCUT2D eigenvalue weighted by atomic mass is 10.00. The highest BCUT2D eigenvalue weighted by molar-refractivity contribution is 5.84. The van der Waals surface area contributed by atoms with Crippen LogP contribution >= 0.6 is 0 Å². The zero-order valence-electron chi connectivity index (χ0n) is 10.8. The van der Waals surface area contributed by atoms with Gasteiger partial charge in [0.05, 0.1) is 11.7 Å². The van der Waals surface area contributed by atoms with Crippen molar-refractivity contribution < 1.29 is 9.90 Å². The summed E-state index contributed by atoms with van der Waals surface area (Å²) in [4.78, 5) is 10.6. The zero-order valence-corrected chi connectivity index (χ0v) is 10.8. The molecule has 0 saturated heterocycles. The molecule has 100 valence electrons. The van der Waals surface area contributed by atoms with Crippen LogP contribution in [0.3, 0.4) is 0 Å². The van der Waals surface area contributed by atoms with Gasteiger partial charge in [0.2, 0.25) is 0 Å². The molecule has 0 amide bonds. The molecule has 0 aliphatic rings. The van der Waals surface area contributed by atoms with Crippen molar-refractivity contribution in [3.05, 3.63) is 54.2 Å². The van der Waals surface area contributed by atoms with Crippen LogP contribution in [0.25, 0.3) is 22.0 Å². The molecule has 2 aromatic carbocycles. The summed E-state index contributed by atoms with van der Waals surface area (Å²) in [6.45, 7) is 0. The molecule has 4 heteroatoms. The number of rotatable bonds is 4. The summed E-state index contributed by atoms with van der Waals surface area (Å²) in [6, 6.07) is 14.1. The number of aliphatic carboxylic acids is 1. The van der Waals surface area contributed by atoms with Gasteiger partial charge in [0.1, 0.15) is 0 Å². The second-order valence-electron chi connectivity index (χ2n) is 4.77. The average molecular weight is 266 g/mol. The third kappa shape index (κ3) is 2.54. The van der Waals surface area contributed by atoms with Crippen molar-refractivity contribution >= 4 is 16.9 Å². The van der Waals surface area contributed by atoms with Crippen LogP contribution in [0.1, 0.15) is 12.0 Å². The molecule has 3 rings (SSSR count).